The van der Waals surface area contributed by atoms with Gasteiger partial charge in [0, 0.05) is 13.6 Å². The Morgan fingerprint density at radius 1 is 1.27 bits per heavy atom. The smallest absolute Gasteiger partial charge is 0.119 e. The van der Waals surface area contributed by atoms with Crippen LogP contribution in [0.1, 0.15) is 72.1 Å². The number of benzene rings is 1. The Kier molecular flexibility index (Phi) is 2.65. The van der Waals surface area contributed by atoms with Gasteiger partial charge in [0.05, 0.1) is 18.2 Å². The SMILES string of the molecule is [2H]C([2H])([2H])C(O)(C(N)c1ccc(OCC23CCC(CC2)CC3)cc1)C([2H])([2H])[2H]. The van der Waals surface area contributed by atoms with Gasteiger partial charge in [-0.2, -0.15) is 0 Å². The normalized spacial score (nSPS) is 34.5. The monoisotopic (exact) mass is 309 g/mol. The van der Waals surface area contributed by atoms with E-state index in [0.29, 0.717) is 12.4 Å². The minimum Gasteiger partial charge on any atom is -0.493 e. The maximum Gasteiger partial charge on any atom is 0.119 e. The molecular weight excluding hydrogens is 274 g/mol. The zero-order valence-electron chi connectivity index (χ0n) is 18.8. The number of fused-ring (bicyclic) bond motifs is 3. The quantitative estimate of drug-likeness (QED) is 0.869. The molecular formula is C19H29NO2. The van der Waals surface area contributed by atoms with Gasteiger partial charge < -0.3 is 15.6 Å². The predicted molar refractivity (Wildman–Crippen MR) is 88.8 cm³/mol. The van der Waals surface area contributed by atoms with Gasteiger partial charge in [0.25, 0.3) is 0 Å². The molecule has 0 aliphatic heterocycles. The van der Waals surface area contributed by atoms with E-state index in [9.17, 15) is 5.11 Å². The molecule has 122 valence electrons. The van der Waals surface area contributed by atoms with Crippen molar-refractivity contribution in [3.63, 3.8) is 0 Å². The van der Waals surface area contributed by atoms with E-state index in [4.69, 9.17) is 18.7 Å². The van der Waals surface area contributed by atoms with Crippen LogP contribution < -0.4 is 10.5 Å². The van der Waals surface area contributed by atoms with Crippen molar-refractivity contribution in [1.29, 1.82) is 0 Å². The fourth-order valence-corrected chi connectivity index (χ4v) is 3.80. The molecule has 3 nitrogen and oxygen atoms in total. The molecule has 0 amide bonds. The van der Waals surface area contributed by atoms with Gasteiger partial charge >= 0.3 is 0 Å². The number of nitrogens with two attached hydrogens (primary N) is 1. The second-order valence-corrected chi connectivity index (χ2v) is 7.08. The molecule has 0 spiro atoms. The number of hydrogen-bond acceptors (Lipinski definition) is 3. The maximum absolute atomic E-state index is 10.5. The largest absolute Gasteiger partial charge is 0.493 e. The summed E-state index contributed by atoms with van der Waals surface area (Å²) in [6.07, 6.45) is 7.43. The minimum atomic E-state index is -3.16. The van der Waals surface area contributed by atoms with Crippen LogP contribution in [0, 0.1) is 11.3 Å². The minimum absolute atomic E-state index is 0.235. The average molecular weight is 309 g/mol. The number of aliphatic hydroxyl groups is 1. The van der Waals surface area contributed by atoms with E-state index in [1.165, 1.54) is 50.7 Å². The van der Waals surface area contributed by atoms with Crippen molar-refractivity contribution in [2.75, 3.05) is 6.61 Å². The van der Waals surface area contributed by atoms with E-state index in [1.807, 2.05) is 0 Å². The Morgan fingerprint density at radius 3 is 2.41 bits per heavy atom. The highest BCUT2D eigenvalue weighted by molar-refractivity contribution is 5.30. The molecule has 2 bridgehead atoms. The summed E-state index contributed by atoms with van der Waals surface area (Å²) in [5.74, 6) is 1.52. The van der Waals surface area contributed by atoms with Gasteiger partial charge in [0.15, 0.2) is 0 Å². The fourth-order valence-electron chi connectivity index (χ4n) is 3.80. The first-order valence-electron chi connectivity index (χ1n) is 11.1. The lowest BCUT2D eigenvalue weighted by molar-refractivity contribution is 0.0191. The van der Waals surface area contributed by atoms with Crippen LogP contribution in [0.4, 0.5) is 0 Å². The Bertz CT molecular complexity index is 649. The van der Waals surface area contributed by atoms with Crippen LogP contribution in [-0.2, 0) is 0 Å². The van der Waals surface area contributed by atoms with Crippen molar-refractivity contribution in [3.05, 3.63) is 29.8 Å². The van der Waals surface area contributed by atoms with Crippen molar-refractivity contribution in [2.45, 2.75) is 63.9 Å². The lowest BCUT2D eigenvalue weighted by Crippen LogP contribution is -2.38. The van der Waals surface area contributed by atoms with Gasteiger partial charge in [-0.15, -0.1) is 0 Å². The van der Waals surface area contributed by atoms with E-state index in [0.717, 1.165) is 5.92 Å². The second kappa shape index (κ2) is 5.86. The van der Waals surface area contributed by atoms with Crippen LogP contribution in [0.25, 0.3) is 0 Å². The lowest BCUT2D eigenvalue weighted by atomic mass is 9.61. The molecule has 3 fully saturated rings. The lowest BCUT2D eigenvalue weighted by Gasteiger charge is -2.46. The highest BCUT2D eigenvalue weighted by atomic mass is 16.5. The van der Waals surface area contributed by atoms with Crippen LogP contribution in [0.3, 0.4) is 0 Å². The first kappa shape index (κ1) is 9.94. The molecule has 1 atom stereocenters. The molecule has 1 aromatic carbocycles. The molecule has 3 aliphatic carbocycles. The van der Waals surface area contributed by atoms with Crippen molar-refractivity contribution in [3.8, 4) is 5.75 Å². The zero-order chi connectivity index (χ0) is 20.8. The summed E-state index contributed by atoms with van der Waals surface area (Å²) in [5, 5.41) is 10.5. The number of rotatable bonds is 5. The third kappa shape index (κ3) is 3.31. The van der Waals surface area contributed by atoms with Gasteiger partial charge in [0.1, 0.15) is 5.75 Å². The Labute approximate surface area is 142 Å². The third-order valence-corrected chi connectivity index (χ3v) is 5.48. The van der Waals surface area contributed by atoms with E-state index in [2.05, 4.69) is 0 Å². The first-order chi connectivity index (χ1) is 12.9. The summed E-state index contributed by atoms with van der Waals surface area (Å²) in [6.45, 7) is -5.67. The zero-order valence-corrected chi connectivity index (χ0v) is 12.8. The summed E-state index contributed by atoms with van der Waals surface area (Å²) >= 11 is 0. The standard InChI is InChI=1S/C19H29NO2/c1-18(2,21)17(20)15-3-5-16(6-4-15)22-13-19-10-7-14(8-11-19)9-12-19/h3-6,14,17,21H,7-13,20H2,1-2H3/i1D3,2D3. The highest BCUT2D eigenvalue weighted by Crippen LogP contribution is 2.50. The molecule has 3 N–H and O–H groups in total. The van der Waals surface area contributed by atoms with Gasteiger partial charge in [0.2, 0.25) is 0 Å². The average Bonchev–Trinajstić information content (AvgIpc) is 2.65. The molecule has 4 rings (SSSR count). The topological polar surface area (TPSA) is 55.5 Å². The molecule has 3 saturated carbocycles. The number of hydrogen-bond donors (Lipinski definition) is 2. The summed E-state index contributed by atoms with van der Waals surface area (Å²) < 4.78 is 51.0. The Morgan fingerprint density at radius 2 is 1.86 bits per heavy atom. The van der Waals surface area contributed by atoms with Crippen LogP contribution in [0.2, 0.25) is 0 Å². The van der Waals surface area contributed by atoms with E-state index in [1.54, 1.807) is 12.1 Å². The van der Waals surface area contributed by atoms with Crippen molar-refractivity contribution in [2.24, 2.45) is 17.1 Å². The molecule has 0 saturated heterocycles. The molecule has 3 aliphatic rings. The summed E-state index contributed by atoms with van der Waals surface area (Å²) in [4.78, 5) is 0. The van der Waals surface area contributed by atoms with Gasteiger partial charge in [-0.1, -0.05) is 12.1 Å². The van der Waals surface area contributed by atoms with E-state index in [-0.39, 0.29) is 11.0 Å². The molecule has 1 unspecified atom stereocenters. The van der Waals surface area contributed by atoms with Gasteiger partial charge in [-0.3, -0.25) is 0 Å². The van der Waals surface area contributed by atoms with Crippen molar-refractivity contribution < 1.29 is 18.1 Å². The van der Waals surface area contributed by atoms with Gasteiger partial charge in [-0.05, 0) is 75.8 Å². The summed E-state index contributed by atoms with van der Waals surface area (Å²) in [6, 6.07) is 4.77. The Hall–Kier alpha value is -1.06. The van der Waals surface area contributed by atoms with E-state index < -0.39 is 25.3 Å². The maximum atomic E-state index is 10.5. The van der Waals surface area contributed by atoms with Crippen LogP contribution in [0.15, 0.2) is 24.3 Å². The molecule has 22 heavy (non-hydrogen) atoms. The molecule has 1 aromatic rings. The second-order valence-electron chi connectivity index (χ2n) is 7.08. The van der Waals surface area contributed by atoms with Crippen LogP contribution in [0.5, 0.6) is 5.75 Å². The third-order valence-electron chi connectivity index (χ3n) is 5.48. The molecule has 0 radical (unpaired) electrons. The molecule has 0 aromatic heterocycles. The highest BCUT2D eigenvalue weighted by Gasteiger charge is 2.40. The first-order valence-corrected chi connectivity index (χ1v) is 8.09. The summed E-state index contributed by atoms with van der Waals surface area (Å²) in [7, 11) is 0. The van der Waals surface area contributed by atoms with Crippen molar-refractivity contribution >= 4 is 0 Å². The number of ether oxygens (including phenoxy) is 1. The van der Waals surface area contributed by atoms with Crippen LogP contribution in [-0.4, -0.2) is 17.3 Å². The summed E-state index contributed by atoms with van der Waals surface area (Å²) in [5.41, 5.74) is 3.38. The molecule has 3 heteroatoms. The Balaban J connectivity index is 1.71. The fraction of sp³-hybridized carbons (Fsp3) is 0.684. The van der Waals surface area contributed by atoms with Crippen molar-refractivity contribution in [1.82, 2.24) is 0 Å². The molecule has 0 heterocycles. The predicted octanol–water partition coefficient (Wildman–Crippen LogP) is 3.81. The van der Waals surface area contributed by atoms with Gasteiger partial charge in [-0.25, -0.2) is 0 Å². The van der Waals surface area contributed by atoms with E-state index >= 15 is 0 Å². The van der Waals surface area contributed by atoms with Crippen LogP contribution >= 0.6 is 0 Å².